The molecule has 0 unspecified atom stereocenters. The van der Waals surface area contributed by atoms with Crippen molar-refractivity contribution in [1.29, 1.82) is 0 Å². The molecule has 0 fully saturated rings. The Morgan fingerprint density at radius 3 is 2.31 bits per heavy atom. The molecular formula is C21H26N2O3. The maximum Gasteiger partial charge on any atom is 0.238 e. The van der Waals surface area contributed by atoms with Crippen molar-refractivity contribution in [3.8, 4) is 11.5 Å². The molecule has 138 valence electrons. The van der Waals surface area contributed by atoms with Gasteiger partial charge in [0.05, 0.1) is 13.2 Å². The van der Waals surface area contributed by atoms with Gasteiger partial charge in [0.15, 0.2) is 0 Å². The zero-order valence-corrected chi connectivity index (χ0v) is 15.4. The predicted octanol–water partition coefficient (Wildman–Crippen LogP) is 3.72. The summed E-state index contributed by atoms with van der Waals surface area (Å²) in [6.45, 7) is 7.67. The lowest BCUT2D eigenvalue weighted by Gasteiger charge is -2.17. The third kappa shape index (κ3) is 6.61. The van der Waals surface area contributed by atoms with E-state index < -0.39 is 0 Å². The van der Waals surface area contributed by atoms with Gasteiger partial charge in [-0.05, 0) is 55.9 Å². The minimum Gasteiger partial charge on any atom is -0.494 e. The second-order valence-corrected chi connectivity index (χ2v) is 5.92. The predicted molar refractivity (Wildman–Crippen MR) is 105 cm³/mol. The average Bonchev–Trinajstić information content (AvgIpc) is 2.63. The molecule has 0 aliphatic carbocycles. The number of hydrogen-bond donors (Lipinski definition) is 1. The molecule has 0 radical (unpaired) electrons. The average molecular weight is 354 g/mol. The van der Waals surface area contributed by atoms with Gasteiger partial charge in [-0.2, -0.15) is 0 Å². The smallest absolute Gasteiger partial charge is 0.238 e. The Hall–Kier alpha value is -2.79. The van der Waals surface area contributed by atoms with Crippen LogP contribution in [0.1, 0.15) is 12.5 Å². The second kappa shape index (κ2) is 10.3. The number of amides is 1. The Morgan fingerprint density at radius 2 is 1.69 bits per heavy atom. The molecule has 26 heavy (non-hydrogen) atoms. The SMILES string of the molecule is C=CCOc1ccc(CN(C)CC(=O)Nc2ccc(OCC)cc2)cc1. The fourth-order valence-electron chi connectivity index (χ4n) is 2.46. The molecular weight excluding hydrogens is 328 g/mol. The van der Waals surface area contributed by atoms with Crippen LogP contribution < -0.4 is 14.8 Å². The zero-order valence-electron chi connectivity index (χ0n) is 15.4. The van der Waals surface area contributed by atoms with E-state index in [1.807, 2.05) is 67.4 Å². The van der Waals surface area contributed by atoms with Crippen LogP contribution in [0.3, 0.4) is 0 Å². The minimum atomic E-state index is -0.0532. The molecule has 0 spiro atoms. The van der Waals surface area contributed by atoms with Gasteiger partial charge in [0.1, 0.15) is 18.1 Å². The number of nitrogens with zero attached hydrogens (tertiary/aromatic N) is 1. The molecule has 0 saturated heterocycles. The van der Waals surface area contributed by atoms with Gasteiger partial charge >= 0.3 is 0 Å². The van der Waals surface area contributed by atoms with Crippen LogP contribution in [0.4, 0.5) is 5.69 Å². The Morgan fingerprint density at radius 1 is 1.08 bits per heavy atom. The number of likely N-dealkylation sites (N-methyl/N-ethyl adjacent to an activating group) is 1. The highest BCUT2D eigenvalue weighted by atomic mass is 16.5. The van der Waals surface area contributed by atoms with E-state index in [2.05, 4.69) is 11.9 Å². The van der Waals surface area contributed by atoms with Crippen LogP contribution in [0.2, 0.25) is 0 Å². The molecule has 0 aliphatic heterocycles. The van der Waals surface area contributed by atoms with Crippen molar-refractivity contribution in [2.24, 2.45) is 0 Å². The summed E-state index contributed by atoms with van der Waals surface area (Å²) in [7, 11) is 1.92. The highest BCUT2D eigenvalue weighted by Crippen LogP contribution is 2.16. The van der Waals surface area contributed by atoms with Gasteiger partial charge in [-0.1, -0.05) is 24.8 Å². The lowest BCUT2D eigenvalue weighted by Crippen LogP contribution is -2.29. The maximum absolute atomic E-state index is 12.2. The third-order valence-corrected chi connectivity index (χ3v) is 3.61. The van der Waals surface area contributed by atoms with Crippen molar-refractivity contribution < 1.29 is 14.3 Å². The van der Waals surface area contributed by atoms with Crippen molar-refractivity contribution in [2.75, 3.05) is 32.1 Å². The first kappa shape index (κ1) is 19.5. The van der Waals surface area contributed by atoms with E-state index in [0.717, 1.165) is 22.7 Å². The lowest BCUT2D eigenvalue weighted by molar-refractivity contribution is -0.117. The lowest BCUT2D eigenvalue weighted by atomic mass is 10.2. The molecule has 2 rings (SSSR count). The van der Waals surface area contributed by atoms with Crippen molar-refractivity contribution in [1.82, 2.24) is 4.90 Å². The number of hydrogen-bond acceptors (Lipinski definition) is 4. The largest absolute Gasteiger partial charge is 0.494 e. The van der Waals surface area contributed by atoms with Gasteiger partial charge in [-0.3, -0.25) is 9.69 Å². The highest BCUT2D eigenvalue weighted by Gasteiger charge is 2.08. The number of carbonyl (C=O) groups excluding carboxylic acids is 1. The normalized spacial score (nSPS) is 10.4. The third-order valence-electron chi connectivity index (χ3n) is 3.61. The number of ether oxygens (including phenoxy) is 2. The van der Waals surface area contributed by atoms with Crippen LogP contribution >= 0.6 is 0 Å². The first-order chi connectivity index (χ1) is 12.6. The summed E-state index contributed by atoms with van der Waals surface area (Å²) in [5, 5.41) is 2.89. The van der Waals surface area contributed by atoms with E-state index in [1.165, 1.54) is 0 Å². The molecule has 0 bridgehead atoms. The van der Waals surface area contributed by atoms with E-state index >= 15 is 0 Å². The molecule has 0 atom stereocenters. The first-order valence-corrected chi connectivity index (χ1v) is 8.64. The van der Waals surface area contributed by atoms with Crippen molar-refractivity contribution in [3.05, 3.63) is 66.7 Å². The van der Waals surface area contributed by atoms with Crippen LogP contribution in [-0.4, -0.2) is 37.6 Å². The van der Waals surface area contributed by atoms with Crippen LogP contribution in [0.5, 0.6) is 11.5 Å². The second-order valence-electron chi connectivity index (χ2n) is 5.92. The number of nitrogens with one attached hydrogen (secondary N) is 1. The summed E-state index contributed by atoms with van der Waals surface area (Å²) >= 11 is 0. The van der Waals surface area contributed by atoms with Crippen LogP contribution in [0.25, 0.3) is 0 Å². The molecule has 2 aromatic carbocycles. The Balaban J connectivity index is 1.80. The van der Waals surface area contributed by atoms with Gasteiger partial charge in [0.25, 0.3) is 0 Å². The Kier molecular flexibility index (Phi) is 7.71. The van der Waals surface area contributed by atoms with Crippen LogP contribution in [0, 0.1) is 0 Å². The molecule has 0 saturated carbocycles. The summed E-state index contributed by atoms with van der Waals surface area (Å²) in [5.41, 5.74) is 1.88. The molecule has 5 heteroatoms. The van der Waals surface area contributed by atoms with Crippen LogP contribution in [0.15, 0.2) is 61.2 Å². The van der Waals surface area contributed by atoms with E-state index in [0.29, 0.717) is 26.3 Å². The molecule has 0 aromatic heterocycles. The fourth-order valence-corrected chi connectivity index (χ4v) is 2.46. The van der Waals surface area contributed by atoms with E-state index in [1.54, 1.807) is 6.08 Å². The molecule has 1 amide bonds. The Labute approximate surface area is 155 Å². The fraction of sp³-hybridized carbons (Fsp3) is 0.286. The number of carbonyl (C=O) groups is 1. The van der Waals surface area contributed by atoms with Gasteiger partial charge in [-0.15, -0.1) is 0 Å². The Bertz CT molecular complexity index is 696. The van der Waals surface area contributed by atoms with E-state index in [4.69, 9.17) is 9.47 Å². The van der Waals surface area contributed by atoms with E-state index in [9.17, 15) is 4.79 Å². The van der Waals surface area contributed by atoms with Crippen LogP contribution in [-0.2, 0) is 11.3 Å². The zero-order chi connectivity index (χ0) is 18.8. The number of rotatable bonds is 10. The van der Waals surface area contributed by atoms with Gasteiger partial charge < -0.3 is 14.8 Å². The van der Waals surface area contributed by atoms with Crippen molar-refractivity contribution in [2.45, 2.75) is 13.5 Å². The summed E-state index contributed by atoms with van der Waals surface area (Å²) in [4.78, 5) is 14.1. The van der Waals surface area contributed by atoms with Crippen molar-refractivity contribution in [3.63, 3.8) is 0 Å². The monoisotopic (exact) mass is 354 g/mol. The maximum atomic E-state index is 12.2. The molecule has 0 heterocycles. The van der Waals surface area contributed by atoms with Gasteiger partial charge in [-0.25, -0.2) is 0 Å². The summed E-state index contributed by atoms with van der Waals surface area (Å²) in [5.74, 6) is 1.55. The highest BCUT2D eigenvalue weighted by molar-refractivity contribution is 5.92. The summed E-state index contributed by atoms with van der Waals surface area (Å²) in [6.07, 6.45) is 1.71. The van der Waals surface area contributed by atoms with Gasteiger partial charge in [0.2, 0.25) is 5.91 Å². The standard InChI is InChI=1S/C21H26N2O3/c1-4-14-26-20-10-6-17(7-11-20)15-23(3)16-21(24)22-18-8-12-19(13-9-18)25-5-2/h4,6-13H,1,5,14-16H2,2-3H3,(H,22,24). The topological polar surface area (TPSA) is 50.8 Å². The number of benzene rings is 2. The molecule has 0 aliphatic rings. The van der Waals surface area contributed by atoms with Gasteiger partial charge in [0, 0.05) is 12.2 Å². The van der Waals surface area contributed by atoms with E-state index in [-0.39, 0.29) is 5.91 Å². The molecule has 2 aromatic rings. The molecule has 1 N–H and O–H groups in total. The van der Waals surface area contributed by atoms with Crippen molar-refractivity contribution >= 4 is 11.6 Å². The summed E-state index contributed by atoms with van der Waals surface area (Å²) in [6, 6.07) is 15.2. The summed E-state index contributed by atoms with van der Waals surface area (Å²) < 4.78 is 10.9. The quantitative estimate of drug-likeness (QED) is 0.661. The minimum absolute atomic E-state index is 0.0532. The molecule has 5 nitrogen and oxygen atoms in total. The number of anilines is 1. The first-order valence-electron chi connectivity index (χ1n) is 8.64.